The molecule has 1 rings (SSSR count). The molecule has 1 aromatic carbocycles. The molecule has 1 amide bonds. The molecular weight excluding hydrogens is 316 g/mol. The number of hydrogen-bond acceptors (Lipinski definition) is 4. The Morgan fingerprint density at radius 2 is 2.04 bits per heavy atom. The number of nitrogens with zero attached hydrogens (tertiary/aromatic N) is 1. The molecule has 6 nitrogen and oxygen atoms in total. The smallest absolute Gasteiger partial charge is 0.232 e. The first-order valence-corrected chi connectivity index (χ1v) is 9.47. The third kappa shape index (κ3) is 6.90. The molecule has 0 bridgehead atoms. The summed E-state index contributed by atoms with van der Waals surface area (Å²) in [6.45, 7) is 4.93. The van der Waals surface area contributed by atoms with Crippen LogP contribution in [0.1, 0.15) is 26.7 Å². The number of sulfonamides is 1. The van der Waals surface area contributed by atoms with Gasteiger partial charge < -0.3 is 10.1 Å². The van der Waals surface area contributed by atoms with Crippen molar-refractivity contribution in [3.8, 4) is 5.75 Å². The van der Waals surface area contributed by atoms with E-state index >= 15 is 0 Å². The van der Waals surface area contributed by atoms with Crippen molar-refractivity contribution in [3.05, 3.63) is 24.3 Å². The van der Waals surface area contributed by atoms with Crippen LogP contribution in [0.3, 0.4) is 0 Å². The second kappa shape index (κ2) is 8.76. The van der Waals surface area contributed by atoms with Gasteiger partial charge in [-0.1, -0.05) is 19.9 Å². The van der Waals surface area contributed by atoms with Crippen LogP contribution in [-0.2, 0) is 14.8 Å². The molecule has 23 heavy (non-hydrogen) atoms. The van der Waals surface area contributed by atoms with Gasteiger partial charge in [0.25, 0.3) is 0 Å². The predicted octanol–water partition coefficient (Wildman–Crippen LogP) is 2.01. The first kappa shape index (κ1) is 19.3. The summed E-state index contributed by atoms with van der Waals surface area (Å²) in [4.78, 5) is 11.7. The third-order valence-corrected chi connectivity index (χ3v) is 4.41. The summed E-state index contributed by atoms with van der Waals surface area (Å²) in [5.74, 6) is 0.923. The Morgan fingerprint density at radius 3 is 2.61 bits per heavy atom. The van der Waals surface area contributed by atoms with E-state index < -0.39 is 10.0 Å². The second-order valence-corrected chi connectivity index (χ2v) is 7.74. The summed E-state index contributed by atoms with van der Waals surface area (Å²) in [5.41, 5.74) is 0.537. The zero-order valence-electron chi connectivity index (χ0n) is 14.2. The van der Waals surface area contributed by atoms with E-state index in [2.05, 4.69) is 5.32 Å². The van der Waals surface area contributed by atoms with Crippen LogP contribution in [-0.4, -0.2) is 40.8 Å². The van der Waals surface area contributed by atoms with Crippen molar-refractivity contribution in [2.75, 3.05) is 30.8 Å². The van der Waals surface area contributed by atoms with Crippen molar-refractivity contribution in [3.63, 3.8) is 0 Å². The van der Waals surface area contributed by atoms with E-state index in [0.717, 1.165) is 6.26 Å². The maximum atomic E-state index is 12.0. The molecule has 0 spiro atoms. The number of carbonyl (C=O) groups excluding carboxylic acids is 1. The fraction of sp³-hybridized carbons (Fsp3) is 0.562. The highest BCUT2D eigenvalue weighted by Crippen LogP contribution is 2.23. The zero-order valence-corrected chi connectivity index (χ0v) is 15.0. The fourth-order valence-corrected chi connectivity index (χ4v) is 3.00. The summed E-state index contributed by atoms with van der Waals surface area (Å²) in [6.07, 6.45) is 1.90. The lowest BCUT2D eigenvalue weighted by atomic mass is 10.2. The lowest BCUT2D eigenvalue weighted by molar-refractivity contribution is -0.121. The summed E-state index contributed by atoms with van der Waals surface area (Å²) in [5, 5.41) is 2.83. The highest BCUT2D eigenvalue weighted by atomic mass is 32.2. The standard InChI is InChI=1S/C16H26N2O4S/c1-13(2)12-17-16(19)9-6-10-18(23(4,20)21)14-7-5-8-15(11-14)22-3/h5,7-8,11,13H,6,9-10,12H2,1-4H3,(H,17,19). The first-order valence-electron chi connectivity index (χ1n) is 7.62. The van der Waals surface area contributed by atoms with Crippen LogP contribution in [0, 0.1) is 5.92 Å². The number of benzene rings is 1. The van der Waals surface area contributed by atoms with Crippen LogP contribution in [0.4, 0.5) is 5.69 Å². The van der Waals surface area contributed by atoms with Crippen molar-refractivity contribution >= 4 is 21.6 Å². The van der Waals surface area contributed by atoms with Gasteiger partial charge >= 0.3 is 0 Å². The van der Waals surface area contributed by atoms with Gasteiger partial charge in [-0.2, -0.15) is 0 Å². The molecule has 0 radical (unpaired) electrons. The number of amides is 1. The monoisotopic (exact) mass is 342 g/mol. The molecular formula is C16H26N2O4S. The molecule has 0 saturated carbocycles. The number of ether oxygens (including phenoxy) is 1. The van der Waals surface area contributed by atoms with Crippen LogP contribution >= 0.6 is 0 Å². The van der Waals surface area contributed by atoms with Crippen LogP contribution in [0.15, 0.2) is 24.3 Å². The number of anilines is 1. The van der Waals surface area contributed by atoms with Crippen molar-refractivity contribution in [2.45, 2.75) is 26.7 Å². The Hall–Kier alpha value is -1.76. The van der Waals surface area contributed by atoms with Gasteiger partial charge in [-0.25, -0.2) is 8.42 Å². The lowest BCUT2D eigenvalue weighted by Crippen LogP contribution is -2.32. The van der Waals surface area contributed by atoms with Gasteiger partial charge in [0.2, 0.25) is 15.9 Å². The maximum Gasteiger partial charge on any atom is 0.232 e. The second-order valence-electron chi connectivity index (χ2n) is 5.84. The molecule has 0 saturated heterocycles. The minimum Gasteiger partial charge on any atom is -0.497 e. The SMILES string of the molecule is COc1cccc(N(CCCC(=O)NCC(C)C)S(C)(=O)=O)c1. The van der Waals surface area contributed by atoms with Gasteiger partial charge in [0.1, 0.15) is 5.75 Å². The summed E-state index contributed by atoms with van der Waals surface area (Å²) < 4.78 is 30.4. The molecule has 1 aromatic rings. The summed E-state index contributed by atoms with van der Waals surface area (Å²) in [6, 6.07) is 6.87. The molecule has 7 heteroatoms. The maximum absolute atomic E-state index is 12.0. The summed E-state index contributed by atoms with van der Waals surface area (Å²) in [7, 11) is -1.89. The molecule has 0 fully saturated rings. The molecule has 0 aliphatic carbocycles. The Labute approximate surface area is 138 Å². The Kier molecular flexibility index (Phi) is 7.35. The number of carbonyl (C=O) groups is 1. The van der Waals surface area contributed by atoms with Gasteiger partial charge in [-0.15, -0.1) is 0 Å². The first-order chi connectivity index (χ1) is 10.7. The van der Waals surface area contributed by atoms with E-state index in [9.17, 15) is 13.2 Å². The van der Waals surface area contributed by atoms with Crippen LogP contribution < -0.4 is 14.4 Å². The quantitative estimate of drug-likeness (QED) is 0.745. The third-order valence-electron chi connectivity index (χ3n) is 3.21. The number of hydrogen-bond donors (Lipinski definition) is 1. The number of methoxy groups -OCH3 is 1. The van der Waals surface area contributed by atoms with Crippen molar-refractivity contribution < 1.29 is 17.9 Å². The highest BCUT2D eigenvalue weighted by molar-refractivity contribution is 7.92. The van der Waals surface area contributed by atoms with E-state index in [1.807, 2.05) is 13.8 Å². The van der Waals surface area contributed by atoms with Gasteiger partial charge in [0.15, 0.2) is 0 Å². The van der Waals surface area contributed by atoms with E-state index in [1.165, 1.54) is 11.4 Å². The average molecular weight is 342 g/mol. The summed E-state index contributed by atoms with van der Waals surface area (Å²) >= 11 is 0. The molecule has 0 aromatic heterocycles. The number of nitrogens with one attached hydrogen (secondary N) is 1. The molecule has 0 atom stereocenters. The largest absolute Gasteiger partial charge is 0.497 e. The van der Waals surface area contributed by atoms with E-state index in [-0.39, 0.29) is 12.5 Å². The Bertz CT molecular complexity index is 614. The molecule has 0 aliphatic rings. The Balaban J connectivity index is 2.68. The number of rotatable bonds is 9. The van der Waals surface area contributed by atoms with Gasteiger partial charge in [0.05, 0.1) is 19.1 Å². The minimum absolute atomic E-state index is 0.0576. The van der Waals surface area contributed by atoms with Crippen molar-refractivity contribution in [2.24, 2.45) is 5.92 Å². The topological polar surface area (TPSA) is 75.7 Å². The van der Waals surface area contributed by atoms with E-state index in [4.69, 9.17) is 4.74 Å². The molecule has 0 unspecified atom stereocenters. The van der Waals surface area contributed by atoms with E-state index in [0.29, 0.717) is 36.7 Å². The molecule has 130 valence electrons. The average Bonchev–Trinajstić information content (AvgIpc) is 2.48. The molecule has 0 heterocycles. The molecule has 0 aliphatic heterocycles. The van der Waals surface area contributed by atoms with E-state index in [1.54, 1.807) is 24.3 Å². The van der Waals surface area contributed by atoms with Gasteiger partial charge in [-0.3, -0.25) is 9.10 Å². The van der Waals surface area contributed by atoms with Gasteiger partial charge in [0, 0.05) is 25.6 Å². The Morgan fingerprint density at radius 1 is 1.35 bits per heavy atom. The van der Waals surface area contributed by atoms with Crippen molar-refractivity contribution in [1.29, 1.82) is 0 Å². The van der Waals surface area contributed by atoms with Crippen molar-refractivity contribution in [1.82, 2.24) is 5.32 Å². The predicted molar refractivity (Wildman–Crippen MR) is 92.3 cm³/mol. The normalized spacial score (nSPS) is 11.3. The van der Waals surface area contributed by atoms with Crippen LogP contribution in [0.2, 0.25) is 0 Å². The fourth-order valence-electron chi connectivity index (χ4n) is 2.04. The molecule has 1 N–H and O–H groups in total. The lowest BCUT2D eigenvalue weighted by Gasteiger charge is -2.22. The van der Waals surface area contributed by atoms with Crippen LogP contribution in [0.5, 0.6) is 5.75 Å². The van der Waals surface area contributed by atoms with Crippen LogP contribution in [0.25, 0.3) is 0 Å². The minimum atomic E-state index is -3.42. The highest BCUT2D eigenvalue weighted by Gasteiger charge is 2.18. The van der Waals surface area contributed by atoms with Gasteiger partial charge in [-0.05, 0) is 24.5 Å². The zero-order chi connectivity index (χ0) is 17.5.